The molecule has 0 spiro atoms. The van der Waals surface area contributed by atoms with E-state index in [0.717, 1.165) is 16.3 Å². The van der Waals surface area contributed by atoms with Crippen LogP contribution in [0.5, 0.6) is 0 Å². The predicted octanol–water partition coefficient (Wildman–Crippen LogP) is 2.37. The van der Waals surface area contributed by atoms with Crippen molar-refractivity contribution in [2.45, 2.75) is 12.1 Å². The van der Waals surface area contributed by atoms with Crippen LogP contribution in [-0.4, -0.2) is 36.4 Å². The Labute approximate surface area is 141 Å². The fourth-order valence-corrected chi connectivity index (χ4v) is 3.28. The molecule has 7 nitrogen and oxygen atoms in total. The van der Waals surface area contributed by atoms with Crippen molar-refractivity contribution in [1.82, 2.24) is 24.7 Å². The van der Waals surface area contributed by atoms with Gasteiger partial charge in [0.05, 0.1) is 5.75 Å². The van der Waals surface area contributed by atoms with Crippen molar-refractivity contribution in [3.05, 3.63) is 35.6 Å². The number of carbonyl (C=O) groups excluding carboxylic acids is 1. The molecule has 0 fully saturated rings. The Morgan fingerprint density at radius 1 is 1.35 bits per heavy atom. The second-order valence-electron chi connectivity index (χ2n) is 4.71. The molecular formula is C14H14N6OS2. The molecule has 1 N–H and O–H groups in total. The van der Waals surface area contributed by atoms with Gasteiger partial charge in [-0.05, 0) is 19.1 Å². The van der Waals surface area contributed by atoms with Gasteiger partial charge in [-0.1, -0.05) is 11.8 Å². The van der Waals surface area contributed by atoms with Gasteiger partial charge in [0.1, 0.15) is 0 Å². The summed E-state index contributed by atoms with van der Waals surface area (Å²) >= 11 is 2.79. The fourth-order valence-electron chi connectivity index (χ4n) is 1.89. The molecular weight excluding hydrogens is 332 g/mol. The maximum Gasteiger partial charge on any atom is 0.236 e. The highest BCUT2D eigenvalue weighted by Gasteiger charge is 2.13. The summed E-state index contributed by atoms with van der Waals surface area (Å²) in [5, 5.41) is 12.4. The summed E-state index contributed by atoms with van der Waals surface area (Å²) in [4.78, 5) is 21.1. The summed E-state index contributed by atoms with van der Waals surface area (Å²) in [7, 11) is 1.88. The van der Waals surface area contributed by atoms with Gasteiger partial charge in [-0.3, -0.25) is 9.78 Å². The molecule has 3 aromatic rings. The second kappa shape index (κ2) is 6.88. The first kappa shape index (κ1) is 15.6. The van der Waals surface area contributed by atoms with E-state index in [1.165, 1.54) is 23.1 Å². The van der Waals surface area contributed by atoms with Crippen molar-refractivity contribution in [2.75, 3.05) is 11.1 Å². The number of hydrogen-bond donors (Lipinski definition) is 1. The highest BCUT2D eigenvalue weighted by molar-refractivity contribution is 7.99. The van der Waals surface area contributed by atoms with Crippen LogP contribution in [0.1, 0.15) is 4.88 Å². The van der Waals surface area contributed by atoms with Crippen molar-refractivity contribution in [3.8, 4) is 11.4 Å². The molecule has 9 heteroatoms. The van der Waals surface area contributed by atoms with Gasteiger partial charge in [0, 0.05) is 36.1 Å². The summed E-state index contributed by atoms with van der Waals surface area (Å²) in [5.74, 6) is 0.879. The molecule has 0 saturated heterocycles. The number of pyridine rings is 1. The second-order valence-corrected chi connectivity index (χ2v) is 6.89. The first-order chi connectivity index (χ1) is 11.1. The third kappa shape index (κ3) is 3.74. The highest BCUT2D eigenvalue weighted by atomic mass is 32.2. The Morgan fingerprint density at radius 2 is 2.13 bits per heavy atom. The van der Waals surface area contributed by atoms with E-state index in [0.29, 0.717) is 10.3 Å². The van der Waals surface area contributed by atoms with Crippen LogP contribution in [0.15, 0.2) is 35.9 Å². The van der Waals surface area contributed by atoms with Crippen LogP contribution < -0.4 is 5.32 Å². The van der Waals surface area contributed by atoms with Crippen LogP contribution in [0.3, 0.4) is 0 Å². The Balaban J connectivity index is 1.63. The molecule has 0 aliphatic carbocycles. The lowest BCUT2D eigenvalue weighted by atomic mass is 10.2. The smallest absolute Gasteiger partial charge is 0.236 e. The van der Waals surface area contributed by atoms with E-state index in [-0.39, 0.29) is 11.7 Å². The number of aromatic nitrogens is 5. The molecule has 0 atom stereocenters. The van der Waals surface area contributed by atoms with Crippen LogP contribution in [0.25, 0.3) is 11.4 Å². The molecule has 3 heterocycles. The average Bonchev–Trinajstić information content (AvgIpc) is 3.12. The zero-order valence-electron chi connectivity index (χ0n) is 12.6. The normalized spacial score (nSPS) is 10.7. The van der Waals surface area contributed by atoms with E-state index in [1.54, 1.807) is 18.6 Å². The lowest BCUT2D eigenvalue weighted by Gasteiger charge is -2.03. The minimum atomic E-state index is -0.113. The Bertz CT molecular complexity index is 814. The maximum absolute atomic E-state index is 12.0. The minimum Gasteiger partial charge on any atom is -0.305 e. The quantitative estimate of drug-likeness (QED) is 0.714. The summed E-state index contributed by atoms with van der Waals surface area (Å²) in [6.45, 7) is 1.95. The number of rotatable bonds is 5. The topological polar surface area (TPSA) is 85.6 Å². The lowest BCUT2D eigenvalue weighted by Crippen LogP contribution is -2.14. The molecule has 0 radical (unpaired) electrons. The number of thioether (sulfide) groups is 1. The monoisotopic (exact) mass is 346 g/mol. The predicted molar refractivity (Wildman–Crippen MR) is 90.4 cm³/mol. The molecule has 0 unspecified atom stereocenters. The molecule has 0 bridgehead atoms. The molecule has 0 aliphatic heterocycles. The van der Waals surface area contributed by atoms with Gasteiger partial charge >= 0.3 is 0 Å². The van der Waals surface area contributed by atoms with E-state index >= 15 is 0 Å². The molecule has 0 saturated carbocycles. The van der Waals surface area contributed by atoms with Gasteiger partial charge in [0.25, 0.3) is 0 Å². The van der Waals surface area contributed by atoms with Crippen LogP contribution in [0.2, 0.25) is 0 Å². The summed E-state index contributed by atoms with van der Waals surface area (Å²) in [5.41, 5.74) is 0.935. The molecule has 0 aromatic carbocycles. The molecule has 23 heavy (non-hydrogen) atoms. The third-order valence-corrected chi connectivity index (χ3v) is 4.82. The zero-order chi connectivity index (χ0) is 16.2. The van der Waals surface area contributed by atoms with E-state index in [9.17, 15) is 4.79 Å². The van der Waals surface area contributed by atoms with Crippen molar-refractivity contribution in [2.24, 2.45) is 7.05 Å². The zero-order valence-corrected chi connectivity index (χ0v) is 14.2. The molecule has 118 valence electrons. The number of carbonyl (C=O) groups is 1. The number of nitrogens with zero attached hydrogens (tertiary/aromatic N) is 5. The Morgan fingerprint density at radius 3 is 2.83 bits per heavy atom. The number of nitrogens with one attached hydrogen (secondary N) is 1. The summed E-state index contributed by atoms with van der Waals surface area (Å²) < 4.78 is 1.86. The van der Waals surface area contributed by atoms with Gasteiger partial charge in [-0.25, -0.2) is 4.98 Å². The lowest BCUT2D eigenvalue weighted by molar-refractivity contribution is -0.113. The Hall–Kier alpha value is -2.26. The van der Waals surface area contributed by atoms with Crippen LogP contribution in [0.4, 0.5) is 5.13 Å². The first-order valence-electron chi connectivity index (χ1n) is 6.78. The van der Waals surface area contributed by atoms with E-state index < -0.39 is 0 Å². The Kier molecular flexibility index (Phi) is 4.68. The van der Waals surface area contributed by atoms with E-state index in [1.807, 2.05) is 30.7 Å². The van der Waals surface area contributed by atoms with Gasteiger partial charge in [-0.2, -0.15) is 0 Å². The number of amides is 1. The van der Waals surface area contributed by atoms with Crippen molar-refractivity contribution >= 4 is 34.1 Å². The highest BCUT2D eigenvalue weighted by Crippen LogP contribution is 2.22. The van der Waals surface area contributed by atoms with E-state index in [4.69, 9.17) is 0 Å². The van der Waals surface area contributed by atoms with Gasteiger partial charge < -0.3 is 9.88 Å². The number of anilines is 1. The van der Waals surface area contributed by atoms with Gasteiger partial charge in [0.15, 0.2) is 16.1 Å². The van der Waals surface area contributed by atoms with Crippen molar-refractivity contribution < 1.29 is 4.79 Å². The molecule has 3 rings (SSSR count). The van der Waals surface area contributed by atoms with Crippen LogP contribution >= 0.6 is 23.1 Å². The van der Waals surface area contributed by atoms with E-state index in [2.05, 4.69) is 25.5 Å². The minimum absolute atomic E-state index is 0.113. The maximum atomic E-state index is 12.0. The number of hydrogen-bond acceptors (Lipinski definition) is 7. The van der Waals surface area contributed by atoms with Crippen LogP contribution in [0, 0.1) is 6.92 Å². The average molecular weight is 346 g/mol. The van der Waals surface area contributed by atoms with Gasteiger partial charge in [-0.15, -0.1) is 21.5 Å². The third-order valence-electron chi connectivity index (χ3n) is 2.97. The van der Waals surface area contributed by atoms with Crippen molar-refractivity contribution in [3.63, 3.8) is 0 Å². The largest absolute Gasteiger partial charge is 0.305 e. The van der Waals surface area contributed by atoms with Crippen molar-refractivity contribution in [1.29, 1.82) is 0 Å². The summed E-state index contributed by atoms with van der Waals surface area (Å²) in [6.07, 6.45) is 5.15. The molecule has 0 aliphatic rings. The summed E-state index contributed by atoms with van der Waals surface area (Å²) in [6, 6.07) is 3.74. The SMILES string of the molecule is Cc1cnc(NC(=O)CSc2nnc(-c3ccncc3)n2C)s1. The molecule has 1 amide bonds. The number of aryl methyl sites for hydroxylation is 1. The standard InChI is InChI=1S/C14H14N6OS2/c1-9-7-16-13(23-9)17-11(21)8-22-14-19-18-12(20(14)2)10-3-5-15-6-4-10/h3-7H,8H2,1-2H3,(H,16,17,21). The fraction of sp³-hybridized carbons (Fsp3) is 0.214. The van der Waals surface area contributed by atoms with Gasteiger partial charge in [0.2, 0.25) is 5.91 Å². The molecule has 3 aromatic heterocycles. The van der Waals surface area contributed by atoms with Crippen LogP contribution in [-0.2, 0) is 11.8 Å². The first-order valence-corrected chi connectivity index (χ1v) is 8.58. The number of thiazole rings is 1.